The van der Waals surface area contributed by atoms with Gasteiger partial charge in [-0.3, -0.25) is 4.79 Å². The SMILES string of the molecule is O=C(O)C(=O)c1c(O)c(Br)cc2c1OCCCO2. The molecular formula is C11H9BrO6. The van der Waals surface area contributed by atoms with Crippen LogP contribution < -0.4 is 9.47 Å². The highest BCUT2D eigenvalue weighted by atomic mass is 79.9. The first-order chi connectivity index (χ1) is 8.52. The molecule has 7 heteroatoms. The van der Waals surface area contributed by atoms with E-state index in [0.29, 0.717) is 13.0 Å². The molecule has 1 aliphatic rings. The summed E-state index contributed by atoms with van der Waals surface area (Å²) in [6, 6.07) is 1.44. The molecule has 0 bridgehead atoms. The highest BCUT2D eigenvalue weighted by Gasteiger charge is 2.29. The van der Waals surface area contributed by atoms with Gasteiger partial charge < -0.3 is 19.7 Å². The maximum Gasteiger partial charge on any atom is 0.377 e. The number of phenols is 1. The van der Waals surface area contributed by atoms with Crippen molar-refractivity contribution in [2.24, 2.45) is 0 Å². The van der Waals surface area contributed by atoms with Crippen molar-refractivity contribution in [1.29, 1.82) is 0 Å². The van der Waals surface area contributed by atoms with Gasteiger partial charge >= 0.3 is 5.97 Å². The highest BCUT2D eigenvalue weighted by molar-refractivity contribution is 9.10. The Kier molecular flexibility index (Phi) is 3.42. The van der Waals surface area contributed by atoms with Crippen LogP contribution in [-0.4, -0.2) is 35.2 Å². The van der Waals surface area contributed by atoms with Crippen LogP contribution in [0, 0.1) is 0 Å². The second-order valence-electron chi connectivity index (χ2n) is 3.59. The van der Waals surface area contributed by atoms with Crippen LogP contribution in [0.1, 0.15) is 16.8 Å². The van der Waals surface area contributed by atoms with E-state index in [-0.39, 0.29) is 22.6 Å². The molecule has 0 aliphatic carbocycles. The summed E-state index contributed by atoms with van der Waals surface area (Å²) >= 11 is 3.04. The molecule has 0 spiro atoms. The van der Waals surface area contributed by atoms with Gasteiger partial charge in [-0.15, -0.1) is 0 Å². The summed E-state index contributed by atoms with van der Waals surface area (Å²) in [7, 11) is 0. The van der Waals surface area contributed by atoms with Crippen molar-refractivity contribution in [2.45, 2.75) is 6.42 Å². The molecule has 0 radical (unpaired) electrons. The van der Waals surface area contributed by atoms with Gasteiger partial charge in [-0.05, 0) is 15.9 Å². The number of benzene rings is 1. The fraction of sp³-hybridized carbons (Fsp3) is 0.273. The smallest absolute Gasteiger partial charge is 0.377 e. The second-order valence-corrected chi connectivity index (χ2v) is 4.45. The van der Waals surface area contributed by atoms with Crippen molar-refractivity contribution < 1.29 is 29.3 Å². The summed E-state index contributed by atoms with van der Waals surface area (Å²) in [5, 5.41) is 18.5. The van der Waals surface area contributed by atoms with Gasteiger partial charge in [0.05, 0.1) is 17.7 Å². The third kappa shape index (κ3) is 2.13. The molecule has 2 rings (SSSR count). The summed E-state index contributed by atoms with van der Waals surface area (Å²) in [5.74, 6) is -3.16. The Balaban J connectivity index is 2.65. The molecule has 1 aromatic rings. The van der Waals surface area contributed by atoms with Crippen molar-refractivity contribution in [3.63, 3.8) is 0 Å². The number of ether oxygens (including phenoxy) is 2. The topological polar surface area (TPSA) is 93.1 Å². The molecule has 0 aromatic heterocycles. The van der Waals surface area contributed by atoms with Crippen LogP contribution in [0.4, 0.5) is 0 Å². The lowest BCUT2D eigenvalue weighted by atomic mass is 10.1. The van der Waals surface area contributed by atoms with Gasteiger partial charge in [-0.25, -0.2) is 4.79 Å². The molecule has 6 nitrogen and oxygen atoms in total. The molecule has 1 aromatic carbocycles. The Labute approximate surface area is 110 Å². The number of carboxylic acids is 1. The van der Waals surface area contributed by atoms with Crippen LogP contribution in [0.3, 0.4) is 0 Å². The van der Waals surface area contributed by atoms with Crippen molar-refractivity contribution in [1.82, 2.24) is 0 Å². The van der Waals surface area contributed by atoms with Crippen LogP contribution >= 0.6 is 15.9 Å². The molecular weight excluding hydrogens is 308 g/mol. The van der Waals surface area contributed by atoms with Crippen molar-refractivity contribution in [3.8, 4) is 17.2 Å². The van der Waals surface area contributed by atoms with Gasteiger partial charge in [0.1, 0.15) is 11.3 Å². The molecule has 0 amide bonds. The minimum Gasteiger partial charge on any atom is -0.506 e. The summed E-state index contributed by atoms with van der Waals surface area (Å²) in [5.41, 5.74) is -0.395. The van der Waals surface area contributed by atoms with E-state index in [1.165, 1.54) is 6.07 Å². The predicted molar refractivity (Wildman–Crippen MR) is 63.4 cm³/mol. The van der Waals surface area contributed by atoms with E-state index in [1.54, 1.807) is 0 Å². The Bertz CT molecular complexity index is 525. The average molecular weight is 317 g/mol. The van der Waals surface area contributed by atoms with E-state index < -0.39 is 23.1 Å². The lowest BCUT2D eigenvalue weighted by molar-refractivity contribution is -0.131. The number of aliphatic carboxylic acids is 1. The minimum atomic E-state index is -1.67. The Morgan fingerprint density at radius 2 is 1.94 bits per heavy atom. The van der Waals surface area contributed by atoms with Gasteiger partial charge in [0.2, 0.25) is 0 Å². The number of hydrogen-bond donors (Lipinski definition) is 2. The van der Waals surface area contributed by atoms with E-state index in [9.17, 15) is 14.7 Å². The number of fused-ring (bicyclic) bond motifs is 1. The highest BCUT2D eigenvalue weighted by Crippen LogP contribution is 2.43. The fourth-order valence-electron chi connectivity index (χ4n) is 1.58. The maximum absolute atomic E-state index is 11.6. The predicted octanol–water partition coefficient (Wildman–Crippen LogP) is 1.58. The molecule has 0 atom stereocenters. The van der Waals surface area contributed by atoms with Crippen LogP contribution in [-0.2, 0) is 4.79 Å². The summed E-state index contributed by atoms with van der Waals surface area (Å²) in [6.07, 6.45) is 0.605. The number of halogens is 1. The number of phenolic OH excluding ortho intramolecular Hbond substituents is 1. The summed E-state index contributed by atoms with van der Waals surface area (Å²) in [4.78, 5) is 22.3. The summed E-state index contributed by atoms with van der Waals surface area (Å²) in [6.45, 7) is 0.679. The quantitative estimate of drug-likeness (QED) is 0.635. The molecule has 0 saturated heterocycles. The van der Waals surface area contributed by atoms with Crippen LogP contribution in [0.15, 0.2) is 10.5 Å². The molecule has 0 unspecified atom stereocenters. The normalized spacial score (nSPS) is 13.8. The van der Waals surface area contributed by atoms with Gasteiger partial charge in [-0.1, -0.05) is 0 Å². The lowest BCUT2D eigenvalue weighted by Crippen LogP contribution is -2.15. The number of Topliss-reactive ketones (excluding diaryl/α,β-unsaturated/α-hetero) is 1. The molecule has 0 saturated carbocycles. The van der Waals surface area contributed by atoms with E-state index in [2.05, 4.69) is 15.9 Å². The van der Waals surface area contributed by atoms with E-state index in [4.69, 9.17) is 14.6 Å². The zero-order chi connectivity index (χ0) is 13.3. The molecule has 0 fully saturated rings. The van der Waals surface area contributed by atoms with E-state index >= 15 is 0 Å². The van der Waals surface area contributed by atoms with Crippen molar-refractivity contribution in [3.05, 3.63) is 16.1 Å². The largest absolute Gasteiger partial charge is 0.506 e. The molecule has 1 heterocycles. The molecule has 1 aliphatic heterocycles. The van der Waals surface area contributed by atoms with Gasteiger partial charge in [-0.2, -0.15) is 0 Å². The maximum atomic E-state index is 11.6. The Morgan fingerprint density at radius 3 is 2.61 bits per heavy atom. The number of carboxylic acid groups (broad SMARTS) is 1. The second kappa shape index (κ2) is 4.85. The third-order valence-electron chi connectivity index (χ3n) is 2.39. The zero-order valence-electron chi connectivity index (χ0n) is 9.10. The monoisotopic (exact) mass is 316 g/mol. The molecule has 18 heavy (non-hydrogen) atoms. The molecule has 96 valence electrons. The fourth-order valence-corrected chi connectivity index (χ4v) is 1.99. The van der Waals surface area contributed by atoms with Crippen LogP contribution in [0.5, 0.6) is 17.2 Å². The first kappa shape index (κ1) is 12.7. The first-order valence-corrected chi connectivity index (χ1v) is 5.90. The number of aromatic hydroxyl groups is 1. The Morgan fingerprint density at radius 1 is 1.28 bits per heavy atom. The van der Waals surface area contributed by atoms with Crippen molar-refractivity contribution in [2.75, 3.05) is 13.2 Å². The van der Waals surface area contributed by atoms with Crippen LogP contribution in [0.2, 0.25) is 0 Å². The van der Waals surface area contributed by atoms with E-state index in [0.717, 1.165) is 0 Å². The number of carbonyl (C=O) groups is 2. The summed E-state index contributed by atoms with van der Waals surface area (Å²) < 4.78 is 10.8. The number of ketones is 1. The number of hydrogen-bond acceptors (Lipinski definition) is 5. The average Bonchev–Trinajstić information content (AvgIpc) is 2.55. The van der Waals surface area contributed by atoms with Crippen molar-refractivity contribution >= 4 is 27.7 Å². The van der Waals surface area contributed by atoms with Gasteiger partial charge in [0.15, 0.2) is 11.5 Å². The molecule has 2 N–H and O–H groups in total. The van der Waals surface area contributed by atoms with Crippen LogP contribution in [0.25, 0.3) is 0 Å². The first-order valence-electron chi connectivity index (χ1n) is 5.11. The van der Waals surface area contributed by atoms with Gasteiger partial charge in [0.25, 0.3) is 5.78 Å². The Hall–Kier alpha value is -1.76. The minimum absolute atomic E-state index is 0.0272. The van der Waals surface area contributed by atoms with Gasteiger partial charge in [0, 0.05) is 12.5 Å². The lowest BCUT2D eigenvalue weighted by Gasteiger charge is -2.13. The zero-order valence-corrected chi connectivity index (χ0v) is 10.7. The number of carbonyl (C=O) groups excluding carboxylic acids is 1. The number of rotatable bonds is 2. The van der Waals surface area contributed by atoms with E-state index in [1.807, 2.05) is 0 Å². The standard InChI is InChI=1S/C11H9BrO6/c12-5-4-6-10(18-3-1-2-17-6)7(8(5)13)9(14)11(15)16/h4,13H,1-3H2,(H,15,16). The third-order valence-corrected chi connectivity index (χ3v) is 2.99.